The first kappa shape index (κ1) is 22.2. The summed E-state index contributed by atoms with van der Waals surface area (Å²) in [5.41, 5.74) is 6.15. The molecule has 0 aliphatic heterocycles. The van der Waals surface area contributed by atoms with E-state index in [2.05, 4.69) is 41.4 Å². The lowest BCUT2D eigenvalue weighted by atomic mass is 9.98. The van der Waals surface area contributed by atoms with Crippen LogP contribution in [0.5, 0.6) is 0 Å². The van der Waals surface area contributed by atoms with E-state index in [-0.39, 0.29) is 18.4 Å². The summed E-state index contributed by atoms with van der Waals surface area (Å²) in [4.78, 5) is 25.8. The summed E-state index contributed by atoms with van der Waals surface area (Å²) in [5.74, 6) is 6.05. The number of fused-ring (bicyclic) bond motifs is 3. The number of carbonyl (C=O) groups excluding carboxylic acids is 2. The normalized spacial score (nSPS) is 11.6. The van der Waals surface area contributed by atoms with Crippen LogP contribution in [0, 0.1) is 11.8 Å². The number of nitrogens with zero attached hydrogens (tertiary/aromatic N) is 1. The predicted molar refractivity (Wildman–Crippen MR) is 129 cm³/mol. The van der Waals surface area contributed by atoms with Crippen molar-refractivity contribution in [2.75, 3.05) is 27.2 Å². The number of benzene rings is 3. The lowest BCUT2D eigenvalue weighted by Crippen LogP contribution is -2.26. The highest BCUT2D eigenvalue weighted by Gasteiger charge is 2.28. The van der Waals surface area contributed by atoms with Crippen LogP contribution in [-0.2, 0) is 4.74 Å². The zero-order chi connectivity index (χ0) is 23.2. The first-order valence-electron chi connectivity index (χ1n) is 10.9. The molecule has 1 aliphatic carbocycles. The third kappa shape index (κ3) is 5.07. The number of rotatable bonds is 5. The van der Waals surface area contributed by atoms with Crippen molar-refractivity contribution >= 4 is 12.0 Å². The van der Waals surface area contributed by atoms with Crippen LogP contribution in [-0.4, -0.2) is 44.1 Å². The molecule has 0 bridgehead atoms. The molecule has 0 radical (unpaired) electrons. The van der Waals surface area contributed by atoms with Crippen LogP contribution < -0.4 is 5.32 Å². The Hall–Kier alpha value is -4.04. The third-order valence-corrected chi connectivity index (χ3v) is 5.61. The van der Waals surface area contributed by atoms with Gasteiger partial charge in [0.25, 0.3) is 5.91 Å². The van der Waals surface area contributed by atoms with E-state index >= 15 is 0 Å². The van der Waals surface area contributed by atoms with Crippen LogP contribution in [0.4, 0.5) is 4.79 Å². The number of hydrogen-bond donors (Lipinski definition) is 1. The van der Waals surface area contributed by atoms with E-state index in [1.165, 1.54) is 27.2 Å². The molecule has 1 aliphatic rings. The molecule has 3 aromatic carbocycles. The van der Waals surface area contributed by atoms with Crippen molar-refractivity contribution in [2.24, 2.45) is 0 Å². The molecule has 5 nitrogen and oxygen atoms in total. The van der Waals surface area contributed by atoms with Gasteiger partial charge < -0.3 is 15.0 Å². The van der Waals surface area contributed by atoms with Crippen molar-refractivity contribution in [2.45, 2.75) is 12.3 Å². The van der Waals surface area contributed by atoms with Crippen LogP contribution in [0.25, 0.3) is 11.1 Å². The van der Waals surface area contributed by atoms with E-state index in [4.69, 9.17) is 4.74 Å². The van der Waals surface area contributed by atoms with Gasteiger partial charge in [0.1, 0.15) is 6.61 Å². The Bertz CT molecular complexity index is 1190. The Kier molecular flexibility index (Phi) is 6.75. The minimum absolute atomic E-state index is 0.0418. The fourth-order valence-corrected chi connectivity index (χ4v) is 4.03. The molecule has 0 unspecified atom stereocenters. The minimum Gasteiger partial charge on any atom is -0.449 e. The van der Waals surface area contributed by atoms with Gasteiger partial charge in [-0.2, -0.15) is 0 Å². The third-order valence-electron chi connectivity index (χ3n) is 5.61. The van der Waals surface area contributed by atoms with E-state index in [9.17, 15) is 9.59 Å². The Morgan fingerprint density at radius 2 is 1.61 bits per heavy atom. The van der Waals surface area contributed by atoms with E-state index in [0.717, 1.165) is 5.56 Å². The highest BCUT2D eigenvalue weighted by atomic mass is 16.5. The lowest BCUT2D eigenvalue weighted by molar-refractivity contribution is 0.0827. The zero-order valence-electron chi connectivity index (χ0n) is 18.8. The zero-order valence-corrected chi connectivity index (χ0v) is 18.8. The SMILES string of the molecule is CN(C)C(=O)c1cccc(C#CCCNC(=O)OCC2c3ccccc3-c3ccccc32)c1. The van der Waals surface area contributed by atoms with Gasteiger partial charge in [-0.1, -0.05) is 66.4 Å². The average Bonchev–Trinajstić information content (AvgIpc) is 3.16. The molecule has 0 saturated heterocycles. The molecule has 0 heterocycles. The monoisotopic (exact) mass is 438 g/mol. The fourth-order valence-electron chi connectivity index (χ4n) is 4.03. The second kappa shape index (κ2) is 10.1. The molecule has 5 heteroatoms. The summed E-state index contributed by atoms with van der Waals surface area (Å²) in [6.07, 6.45) is 0.0352. The van der Waals surface area contributed by atoms with Crippen molar-refractivity contribution in [3.8, 4) is 23.0 Å². The summed E-state index contributed by atoms with van der Waals surface area (Å²) in [7, 11) is 3.44. The lowest BCUT2D eigenvalue weighted by Gasteiger charge is -2.14. The van der Waals surface area contributed by atoms with Gasteiger partial charge >= 0.3 is 6.09 Å². The second-order valence-corrected chi connectivity index (χ2v) is 8.08. The maximum Gasteiger partial charge on any atom is 0.407 e. The summed E-state index contributed by atoms with van der Waals surface area (Å²) in [5, 5.41) is 2.76. The number of amides is 2. The van der Waals surface area contributed by atoms with Gasteiger partial charge in [0.15, 0.2) is 0 Å². The smallest absolute Gasteiger partial charge is 0.407 e. The summed E-state index contributed by atoms with van der Waals surface area (Å²) in [6.45, 7) is 0.679. The number of alkyl carbamates (subject to hydrolysis) is 1. The molecule has 166 valence electrons. The highest BCUT2D eigenvalue weighted by molar-refractivity contribution is 5.94. The summed E-state index contributed by atoms with van der Waals surface area (Å²) < 4.78 is 5.53. The van der Waals surface area contributed by atoms with Gasteiger partial charge in [0.05, 0.1) is 0 Å². The van der Waals surface area contributed by atoms with Crippen LogP contribution in [0.1, 0.15) is 39.4 Å². The molecule has 0 spiro atoms. The molecule has 1 N–H and O–H groups in total. The van der Waals surface area contributed by atoms with Crippen LogP contribution in [0.2, 0.25) is 0 Å². The molecule has 2 amide bonds. The Balaban J connectivity index is 1.27. The Morgan fingerprint density at radius 3 is 2.27 bits per heavy atom. The van der Waals surface area contributed by atoms with E-state index < -0.39 is 6.09 Å². The molecule has 4 rings (SSSR count). The molecule has 3 aromatic rings. The number of carbonyl (C=O) groups is 2. The summed E-state index contributed by atoms with van der Waals surface area (Å²) >= 11 is 0. The van der Waals surface area contributed by atoms with Crippen molar-refractivity contribution in [3.63, 3.8) is 0 Å². The molecule has 0 saturated carbocycles. The first-order valence-corrected chi connectivity index (χ1v) is 10.9. The number of nitrogens with one attached hydrogen (secondary N) is 1. The van der Waals surface area contributed by atoms with Crippen molar-refractivity contribution in [3.05, 3.63) is 95.1 Å². The fraction of sp³-hybridized carbons (Fsp3) is 0.214. The molecule has 0 aromatic heterocycles. The maximum absolute atomic E-state index is 12.2. The number of ether oxygens (including phenoxy) is 1. The molecule has 0 atom stereocenters. The molecular formula is C28H26N2O3. The number of hydrogen-bond acceptors (Lipinski definition) is 3. The maximum atomic E-state index is 12.2. The average molecular weight is 439 g/mol. The molecular weight excluding hydrogens is 412 g/mol. The standard InChI is InChI=1S/C28H26N2O3/c1-30(2)27(31)21-12-9-11-20(18-21)10-7-8-17-29-28(32)33-19-26-24-15-5-3-13-22(24)23-14-4-6-16-25(23)26/h3-6,9,11-16,18,26H,8,17,19H2,1-2H3,(H,29,32). The van der Waals surface area contributed by atoms with E-state index in [1.807, 2.05) is 36.4 Å². The van der Waals surface area contributed by atoms with Gasteiger partial charge in [-0.25, -0.2) is 4.79 Å². The van der Waals surface area contributed by atoms with Gasteiger partial charge in [-0.3, -0.25) is 4.79 Å². The Morgan fingerprint density at radius 1 is 0.939 bits per heavy atom. The first-order chi connectivity index (χ1) is 16.0. The van der Waals surface area contributed by atoms with Crippen molar-refractivity contribution in [1.29, 1.82) is 0 Å². The largest absolute Gasteiger partial charge is 0.449 e. The topological polar surface area (TPSA) is 58.6 Å². The highest BCUT2D eigenvalue weighted by Crippen LogP contribution is 2.44. The molecule has 0 fully saturated rings. The Labute approximate surface area is 194 Å². The van der Waals surface area contributed by atoms with Gasteiger partial charge in [-0.15, -0.1) is 0 Å². The van der Waals surface area contributed by atoms with Gasteiger partial charge in [-0.05, 0) is 40.5 Å². The van der Waals surface area contributed by atoms with Crippen LogP contribution >= 0.6 is 0 Å². The predicted octanol–water partition coefficient (Wildman–Crippen LogP) is 4.67. The molecule has 33 heavy (non-hydrogen) atoms. The van der Waals surface area contributed by atoms with Gasteiger partial charge in [0, 0.05) is 44.1 Å². The van der Waals surface area contributed by atoms with Crippen molar-refractivity contribution < 1.29 is 14.3 Å². The van der Waals surface area contributed by atoms with Crippen LogP contribution in [0.15, 0.2) is 72.8 Å². The van der Waals surface area contributed by atoms with Gasteiger partial charge in [0.2, 0.25) is 0 Å². The van der Waals surface area contributed by atoms with E-state index in [1.54, 1.807) is 26.2 Å². The van der Waals surface area contributed by atoms with Crippen LogP contribution in [0.3, 0.4) is 0 Å². The van der Waals surface area contributed by atoms with E-state index in [0.29, 0.717) is 18.5 Å². The quantitative estimate of drug-likeness (QED) is 0.465. The second-order valence-electron chi connectivity index (χ2n) is 8.08. The minimum atomic E-state index is -0.447. The summed E-state index contributed by atoms with van der Waals surface area (Å²) in [6, 6.07) is 23.7. The van der Waals surface area contributed by atoms with Crippen molar-refractivity contribution in [1.82, 2.24) is 10.2 Å².